The fourth-order valence-corrected chi connectivity index (χ4v) is 5.56. The minimum Gasteiger partial charge on any atom is -0.452 e. The Morgan fingerprint density at radius 2 is 1.57 bits per heavy atom. The van der Waals surface area contributed by atoms with Crippen LogP contribution in [0.25, 0.3) is 0 Å². The van der Waals surface area contributed by atoms with Crippen molar-refractivity contribution in [1.82, 2.24) is 5.32 Å². The van der Waals surface area contributed by atoms with Crippen LogP contribution in [0.1, 0.15) is 124 Å². The number of allylic oxidation sites excluding steroid dienone is 3. The maximum Gasteiger partial charge on any atom is 0.309 e. The minimum atomic E-state index is -1.18. The highest BCUT2D eigenvalue weighted by Crippen LogP contribution is 2.22. The Bertz CT molecular complexity index is 799. The van der Waals surface area contributed by atoms with Gasteiger partial charge in [0.15, 0.2) is 6.10 Å². The van der Waals surface area contributed by atoms with Gasteiger partial charge in [-0.3, -0.25) is 9.59 Å². The van der Waals surface area contributed by atoms with E-state index in [1.54, 1.807) is 0 Å². The number of aliphatic hydroxyl groups excluding tert-OH is 4. The van der Waals surface area contributed by atoms with Gasteiger partial charge >= 0.3 is 5.97 Å². The third-order valence-corrected chi connectivity index (χ3v) is 8.46. The Hall–Kier alpha value is -1.74. The number of hydrogen-bond acceptors (Lipinski definition) is 7. The van der Waals surface area contributed by atoms with Gasteiger partial charge in [0.2, 0.25) is 0 Å². The van der Waals surface area contributed by atoms with E-state index in [0.29, 0.717) is 31.1 Å². The summed E-state index contributed by atoms with van der Waals surface area (Å²) < 4.78 is 5.60. The molecule has 0 fully saturated rings. The molecule has 1 aliphatic rings. The van der Waals surface area contributed by atoms with Gasteiger partial charge in [0.05, 0.1) is 30.8 Å². The second-order valence-electron chi connectivity index (χ2n) is 12.5. The summed E-state index contributed by atoms with van der Waals surface area (Å²) in [4.78, 5) is 25.6. The van der Waals surface area contributed by atoms with Crippen molar-refractivity contribution < 1.29 is 34.8 Å². The van der Waals surface area contributed by atoms with E-state index in [0.717, 1.165) is 37.7 Å². The topological polar surface area (TPSA) is 136 Å². The maximum atomic E-state index is 12.8. The number of cyclic esters (lactones) is 1. The number of hydrogen-bond donors (Lipinski definition) is 5. The van der Waals surface area contributed by atoms with E-state index in [1.807, 2.05) is 26.0 Å². The molecule has 1 aliphatic heterocycles. The first kappa shape index (κ1) is 38.3. The first-order chi connectivity index (χ1) is 20.1. The molecule has 0 saturated heterocycles. The van der Waals surface area contributed by atoms with E-state index >= 15 is 0 Å². The molecule has 1 amide bonds. The average Bonchev–Trinajstić information content (AvgIpc) is 2.96. The van der Waals surface area contributed by atoms with Crippen molar-refractivity contribution in [2.45, 2.75) is 148 Å². The van der Waals surface area contributed by atoms with Crippen molar-refractivity contribution in [1.29, 1.82) is 0 Å². The highest BCUT2D eigenvalue weighted by molar-refractivity contribution is 5.84. The summed E-state index contributed by atoms with van der Waals surface area (Å²) in [5.74, 6) is -0.257. The molecule has 1 heterocycles. The molecule has 0 aliphatic carbocycles. The fourth-order valence-electron chi connectivity index (χ4n) is 5.56. The van der Waals surface area contributed by atoms with Crippen LogP contribution in [0.4, 0.5) is 0 Å². The number of carbonyl (C=O) groups excluding carboxylic acids is 2. The highest BCUT2D eigenvalue weighted by atomic mass is 16.5. The Labute approximate surface area is 255 Å². The third kappa shape index (κ3) is 16.8. The summed E-state index contributed by atoms with van der Waals surface area (Å²) in [6, 6.07) is 0. The lowest BCUT2D eigenvalue weighted by Gasteiger charge is -2.23. The maximum absolute atomic E-state index is 12.8. The highest BCUT2D eigenvalue weighted by Gasteiger charge is 2.27. The zero-order valence-electron chi connectivity index (χ0n) is 26.8. The van der Waals surface area contributed by atoms with Crippen molar-refractivity contribution in [2.75, 3.05) is 13.2 Å². The molecule has 0 bridgehead atoms. The van der Waals surface area contributed by atoms with Crippen LogP contribution in [0.3, 0.4) is 0 Å². The largest absolute Gasteiger partial charge is 0.452 e. The SMILES string of the molecule is CCCC1OC(=O)[C@@H](C)C[C@@H](C)CCCCCCCC[C@@H](CC)/C=C/C=C(\CO)CC[C@@H](O)[C@@H](O)C[C@H](O)CNC1=O. The molecular formula is C34H61NO7. The molecule has 0 spiro atoms. The number of esters is 1. The molecule has 0 saturated carbocycles. The zero-order chi connectivity index (χ0) is 31.3. The summed E-state index contributed by atoms with van der Waals surface area (Å²) in [6.45, 7) is 7.87. The number of rotatable bonds is 4. The van der Waals surface area contributed by atoms with Gasteiger partial charge in [0.25, 0.3) is 5.91 Å². The quantitative estimate of drug-likeness (QED) is 0.276. The molecule has 5 N–H and O–H groups in total. The molecule has 8 nitrogen and oxygen atoms in total. The minimum absolute atomic E-state index is 0.120. The predicted molar refractivity (Wildman–Crippen MR) is 168 cm³/mol. The summed E-state index contributed by atoms with van der Waals surface area (Å²) in [5.41, 5.74) is 0.772. The number of nitrogens with one attached hydrogen (secondary N) is 1. The lowest BCUT2D eigenvalue weighted by Crippen LogP contribution is -2.43. The van der Waals surface area contributed by atoms with Gasteiger partial charge in [-0.05, 0) is 55.9 Å². The Balaban J connectivity index is 2.87. The zero-order valence-corrected chi connectivity index (χ0v) is 26.8. The van der Waals surface area contributed by atoms with E-state index in [9.17, 15) is 30.0 Å². The second-order valence-corrected chi connectivity index (χ2v) is 12.5. The molecule has 244 valence electrons. The lowest BCUT2D eigenvalue weighted by molar-refractivity contribution is -0.160. The van der Waals surface area contributed by atoms with Crippen LogP contribution in [-0.4, -0.2) is 69.9 Å². The van der Waals surface area contributed by atoms with Crippen LogP contribution in [0.15, 0.2) is 23.8 Å². The van der Waals surface area contributed by atoms with Crippen LogP contribution in [0, 0.1) is 17.8 Å². The van der Waals surface area contributed by atoms with Crippen LogP contribution < -0.4 is 5.32 Å². The third-order valence-electron chi connectivity index (χ3n) is 8.46. The molecule has 7 atom stereocenters. The van der Waals surface area contributed by atoms with Gasteiger partial charge < -0.3 is 30.5 Å². The van der Waals surface area contributed by atoms with Crippen molar-refractivity contribution in [3.05, 3.63) is 23.8 Å². The van der Waals surface area contributed by atoms with E-state index in [1.165, 1.54) is 32.1 Å². The fraction of sp³-hybridized carbons (Fsp3) is 0.824. The number of β-amino-alcohol motifs (C(OH)–C–C–N with tert-alkyl or cyclic N) is 1. The molecule has 8 heteroatoms. The smallest absolute Gasteiger partial charge is 0.309 e. The second kappa shape index (κ2) is 22.8. The summed E-state index contributed by atoms with van der Waals surface area (Å²) >= 11 is 0. The normalized spacial score (nSPS) is 33.7. The lowest BCUT2D eigenvalue weighted by atomic mass is 9.92. The first-order valence-electron chi connectivity index (χ1n) is 16.6. The van der Waals surface area contributed by atoms with Crippen molar-refractivity contribution in [2.24, 2.45) is 17.8 Å². The van der Waals surface area contributed by atoms with Gasteiger partial charge in [0.1, 0.15) is 0 Å². The van der Waals surface area contributed by atoms with Gasteiger partial charge in [-0.1, -0.05) is 97.3 Å². The van der Waals surface area contributed by atoms with Gasteiger partial charge in [-0.15, -0.1) is 0 Å². The van der Waals surface area contributed by atoms with Crippen LogP contribution in [-0.2, 0) is 14.3 Å². The Morgan fingerprint density at radius 1 is 0.905 bits per heavy atom. The van der Waals surface area contributed by atoms with E-state index in [2.05, 4.69) is 25.2 Å². The van der Waals surface area contributed by atoms with E-state index in [-0.39, 0.29) is 37.9 Å². The monoisotopic (exact) mass is 595 g/mol. The number of amides is 1. The van der Waals surface area contributed by atoms with Crippen LogP contribution >= 0.6 is 0 Å². The van der Waals surface area contributed by atoms with E-state index < -0.39 is 30.3 Å². The number of carbonyl (C=O) groups is 2. The summed E-state index contributed by atoms with van der Waals surface area (Å²) in [6.07, 6.45) is 14.6. The Kier molecular flexibility index (Phi) is 20.7. The average molecular weight is 596 g/mol. The van der Waals surface area contributed by atoms with Crippen molar-refractivity contribution in [3.63, 3.8) is 0 Å². The first-order valence-corrected chi connectivity index (χ1v) is 16.6. The molecule has 1 unspecified atom stereocenters. The standard InChI is InChI=1S/C34H61NO7/c1-5-14-32-33(40)35-23-29(37)22-31(39)30(38)20-19-28(24-36)18-13-17-27(6-2)16-12-10-8-7-9-11-15-25(3)21-26(4)34(41)42-32/h13,17-18,25-27,29-32,36-39H,5-12,14-16,19-24H2,1-4H3,(H,35,40)/b17-13+,28-18-/t25-,26-,27+,29-,30+,31-,32?/m0/s1. The predicted octanol–water partition coefficient (Wildman–Crippen LogP) is 5.37. The van der Waals surface area contributed by atoms with E-state index in [4.69, 9.17) is 4.74 Å². The summed E-state index contributed by atoms with van der Waals surface area (Å²) in [7, 11) is 0. The van der Waals surface area contributed by atoms with Crippen molar-refractivity contribution >= 4 is 11.9 Å². The van der Waals surface area contributed by atoms with Crippen LogP contribution in [0.5, 0.6) is 0 Å². The summed E-state index contributed by atoms with van der Waals surface area (Å²) in [5, 5.41) is 43.7. The number of aliphatic hydroxyl groups is 4. The Morgan fingerprint density at radius 3 is 2.21 bits per heavy atom. The molecule has 0 aromatic carbocycles. The molecule has 0 radical (unpaired) electrons. The molecular weight excluding hydrogens is 534 g/mol. The van der Waals surface area contributed by atoms with Crippen LogP contribution in [0.2, 0.25) is 0 Å². The molecule has 42 heavy (non-hydrogen) atoms. The number of ether oxygens (including phenoxy) is 1. The molecule has 0 aromatic rings. The van der Waals surface area contributed by atoms with Crippen molar-refractivity contribution in [3.8, 4) is 0 Å². The van der Waals surface area contributed by atoms with Gasteiger partial charge in [0, 0.05) is 13.0 Å². The molecule has 1 rings (SSSR count). The van der Waals surface area contributed by atoms with Gasteiger partial charge in [-0.25, -0.2) is 0 Å². The van der Waals surface area contributed by atoms with Gasteiger partial charge in [-0.2, -0.15) is 0 Å². The molecule has 0 aromatic heterocycles.